The van der Waals surface area contributed by atoms with Gasteiger partial charge in [-0.2, -0.15) is 10.5 Å². The van der Waals surface area contributed by atoms with Crippen molar-refractivity contribution >= 4 is 24.3 Å². The number of aryl methyl sites for hydroxylation is 6. The topological polar surface area (TPSA) is 193 Å². The Morgan fingerprint density at radius 1 is 0.606 bits per heavy atom. The smallest absolute Gasteiger partial charge is 0.335 e. The third kappa shape index (κ3) is 12.3. The third-order valence-corrected chi connectivity index (χ3v) is 14.1. The standard InChI is InChI=1S/C28H30N4O2.C18H22N2O3.C10H10N2.CH4.ClH/c1-17-12-18(2)25(28(33)32-15-23(16-32)21-6-4-20(14-29)5-7-21)13-24(17)26-19(3)30-27(31-26)22-8-10-34-11-9-22;1-10-8-11(2)15(18(21)22)9-14(10)16-12(3)19-17(20-16)13-4-6-23-7-5-13;11-5-8-1-3-9(4-2-8)10-6-12-7-10;;/h4-7,12-13,22-23H,8-11,15-16H2,1-3H3,(H,30,31);8-9,13H,4-7H2,1-3H3,(H,19,20)(H,21,22);1-4,10,12H,6-7H2;1H4;1H. The molecule has 0 bridgehead atoms. The molecule has 2 aromatic heterocycles. The quantitative estimate of drug-likeness (QED) is 0.114. The molecule has 4 aromatic carbocycles. The van der Waals surface area contributed by atoms with E-state index in [9.17, 15) is 14.7 Å². The Balaban J connectivity index is 0.000000192. The minimum atomic E-state index is -0.901. The van der Waals surface area contributed by atoms with Gasteiger partial charge in [-0.05, 0) is 137 Å². The van der Waals surface area contributed by atoms with Gasteiger partial charge in [0.05, 0.1) is 40.2 Å². The molecule has 71 heavy (non-hydrogen) atoms. The van der Waals surface area contributed by atoms with Crippen LogP contribution in [0.2, 0.25) is 0 Å². The van der Waals surface area contributed by atoms with E-state index in [4.69, 9.17) is 30.0 Å². The van der Waals surface area contributed by atoms with E-state index in [1.165, 1.54) is 11.1 Å². The molecule has 4 fully saturated rings. The predicted molar refractivity (Wildman–Crippen MR) is 280 cm³/mol. The van der Waals surface area contributed by atoms with Gasteiger partial charge in [-0.3, -0.25) is 4.79 Å². The van der Waals surface area contributed by atoms with Crippen LogP contribution in [0.15, 0.2) is 72.8 Å². The number of hydrogen-bond donors (Lipinski definition) is 4. The van der Waals surface area contributed by atoms with Gasteiger partial charge in [-0.25, -0.2) is 14.8 Å². The number of carbonyl (C=O) groups excluding carboxylic acids is 1. The van der Waals surface area contributed by atoms with Crippen molar-refractivity contribution in [2.75, 3.05) is 52.6 Å². The first-order chi connectivity index (χ1) is 33.3. The normalized spacial score (nSPS) is 16.0. The molecular formula is C57H67ClN8O5. The zero-order valence-electron chi connectivity index (χ0n) is 40.9. The number of nitriles is 2. The first-order valence-corrected chi connectivity index (χ1v) is 24.1. The monoisotopic (exact) mass is 978 g/mol. The van der Waals surface area contributed by atoms with Crippen LogP contribution in [0, 0.1) is 64.2 Å². The van der Waals surface area contributed by atoms with E-state index in [2.05, 4.69) is 47.3 Å². The second kappa shape index (κ2) is 24.0. The summed E-state index contributed by atoms with van der Waals surface area (Å²) < 4.78 is 10.9. The second-order valence-electron chi connectivity index (χ2n) is 19.0. The van der Waals surface area contributed by atoms with Crippen LogP contribution in [0.3, 0.4) is 0 Å². The van der Waals surface area contributed by atoms with Crippen molar-refractivity contribution in [2.45, 2.75) is 98.3 Å². The number of carboxylic acids is 1. The lowest BCUT2D eigenvalue weighted by molar-refractivity contribution is 0.0601. The molecule has 0 radical (unpaired) electrons. The first kappa shape index (κ1) is 53.7. The number of H-pyrrole nitrogens is 2. The Hall–Kier alpha value is -6.61. The number of aromatic nitrogens is 4. The van der Waals surface area contributed by atoms with Crippen LogP contribution in [0.1, 0.15) is 145 Å². The predicted octanol–water partition coefficient (Wildman–Crippen LogP) is 10.9. The lowest BCUT2D eigenvalue weighted by Crippen LogP contribution is -2.48. The number of aromatic amines is 2. The van der Waals surface area contributed by atoms with Crippen LogP contribution >= 0.6 is 12.4 Å². The number of nitrogens with zero attached hydrogens (tertiary/aromatic N) is 5. The fourth-order valence-corrected chi connectivity index (χ4v) is 9.71. The highest BCUT2D eigenvalue weighted by atomic mass is 35.5. The molecule has 6 aromatic rings. The van der Waals surface area contributed by atoms with Gasteiger partial charge in [0.15, 0.2) is 0 Å². The average molecular weight is 980 g/mol. The number of ether oxygens (including phenoxy) is 2. The summed E-state index contributed by atoms with van der Waals surface area (Å²) >= 11 is 0. The van der Waals surface area contributed by atoms with Crippen LogP contribution in [0.5, 0.6) is 0 Å². The zero-order valence-corrected chi connectivity index (χ0v) is 41.8. The molecule has 0 atom stereocenters. The van der Waals surface area contributed by atoms with E-state index < -0.39 is 5.97 Å². The molecule has 0 saturated carbocycles. The Morgan fingerprint density at radius 3 is 1.41 bits per heavy atom. The number of rotatable bonds is 8. The molecule has 0 aliphatic carbocycles. The van der Waals surface area contributed by atoms with E-state index in [0.29, 0.717) is 47.9 Å². The van der Waals surface area contributed by atoms with Gasteiger partial charge in [0.1, 0.15) is 11.6 Å². The maximum absolute atomic E-state index is 13.4. The van der Waals surface area contributed by atoms with E-state index in [1.807, 2.05) is 93.3 Å². The van der Waals surface area contributed by atoms with Gasteiger partial charge < -0.3 is 34.8 Å². The molecule has 6 heterocycles. The van der Waals surface area contributed by atoms with Gasteiger partial charge >= 0.3 is 5.97 Å². The number of aromatic carboxylic acids is 1. The summed E-state index contributed by atoms with van der Waals surface area (Å²) in [6, 6.07) is 27.6. The highest BCUT2D eigenvalue weighted by Crippen LogP contribution is 2.35. The van der Waals surface area contributed by atoms with Crippen LogP contribution in [-0.4, -0.2) is 94.4 Å². The second-order valence-corrected chi connectivity index (χ2v) is 19.0. The number of amides is 1. The fourth-order valence-electron chi connectivity index (χ4n) is 9.71. The van der Waals surface area contributed by atoms with Crippen LogP contribution < -0.4 is 5.32 Å². The van der Waals surface area contributed by atoms with Crippen LogP contribution in [-0.2, 0) is 9.47 Å². The molecule has 1 amide bonds. The molecule has 0 spiro atoms. The number of benzene rings is 4. The van der Waals surface area contributed by atoms with Crippen molar-refractivity contribution in [3.8, 4) is 34.7 Å². The van der Waals surface area contributed by atoms with Crippen LogP contribution in [0.4, 0.5) is 0 Å². The maximum atomic E-state index is 13.4. The van der Waals surface area contributed by atoms with Crippen molar-refractivity contribution in [3.05, 3.63) is 151 Å². The van der Waals surface area contributed by atoms with Crippen molar-refractivity contribution in [3.63, 3.8) is 0 Å². The molecule has 13 nitrogen and oxygen atoms in total. The highest BCUT2D eigenvalue weighted by Gasteiger charge is 2.33. The Morgan fingerprint density at radius 2 is 1.01 bits per heavy atom. The van der Waals surface area contributed by atoms with Gasteiger partial charge in [-0.1, -0.05) is 43.8 Å². The van der Waals surface area contributed by atoms with E-state index >= 15 is 0 Å². The molecule has 14 heteroatoms. The molecule has 0 unspecified atom stereocenters. The largest absolute Gasteiger partial charge is 0.478 e. The summed E-state index contributed by atoms with van der Waals surface area (Å²) in [7, 11) is 0. The van der Waals surface area contributed by atoms with Gasteiger partial charge in [0, 0.05) is 104 Å². The van der Waals surface area contributed by atoms with Gasteiger partial charge in [-0.15, -0.1) is 12.4 Å². The summed E-state index contributed by atoms with van der Waals surface area (Å²) in [6.07, 6.45) is 3.91. The molecule has 4 N–H and O–H groups in total. The van der Waals surface area contributed by atoms with E-state index in [0.717, 1.165) is 144 Å². The Labute approximate surface area is 424 Å². The molecule has 4 saturated heterocycles. The van der Waals surface area contributed by atoms with Crippen molar-refractivity contribution in [1.82, 2.24) is 30.2 Å². The summed E-state index contributed by atoms with van der Waals surface area (Å²) in [5.41, 5.74) is 14.7. The fraction of sp³-hybridized carbons (Fsp3) is 0.404. The molecule has 372 valence electrons. The summed E-state index contributed by atoms with van der Waals surface area (Å²) in [6.45, 7) is 18.6. The number of carboxylic acid groups (broad SMARTS) is 1. The third-order valence-electron chi connectivity index (χ3n) is 14.1. The van der Waals surface area contributed by atoms with Gasteiger partial charge in [0.2, 0.25) is 0 Å². The molecule has 10 rings (SSSR count). The van der Waals surface area contributed by atoms with Crippen molar-refractivity contribution < 1.29 is 24.2 Å². The lowest BCUT2D eigenvalue weighted by atomic mass is 9.89. The Bertz CT molecular complexity index is 2890. The summed E-state index contributed by atoms with van der Waals surface area (Å²) in [5.74, 6) is 2.95. The van der Waals surface area contributed by atoms with Crippen molar-refractivity contribution in [2.24, 2.45) is 0 Å². The molecule has 4 aliphatic heterocycles. The highest BCUT2D eigenvalue weighted by molar-refractivity contribution is 5.98. The average Bonchev–Trinajstić information content (AvgIpc) is 3.91. The van der Waals surface area contributed by atoms with Crippen LogP contribution in [0.25, 0.3) is 22.5 Å². The van der Waals surface area contributed by atoms with E-state index in [1.54, 1.807) is 6.07 Å². The minimum absolute atomic E-state index is 0. The lowest BCUT2D eigenvalue weighted by Gasteiger charge is -2.40. The minimum Gasteiger partial charge on any atom is -0.478 e. The van der Waals surface area contributed by atoms with Crippen molar-refractivity contribution in [1.29, 1.82) is 10.5 Å². The molecule has 4 aliphatic rings. The maximum Gasteiger partial charge on any atom is 0.335 e. The van der Waals surface area contributed by atoms with Gasteiger partial charge in [0.25, 0.3) is 5.91 Å². The molecular weight excluding hydrogens is 912 g/mol. The SMILES string of the molecule is C.Cc1cc(C)c(-c2nc(C3CCOCC3)[nH]c2C)cc1C(=O)N1CC(c2ccc(C#N)cc2)C1.Cc1cc(C)c(-c2nc(C3CCOCC3)[nH]c2C)cc1C(=O)O.Cl.N#Cc1ccc(C2CNC2)cc1. The zero-order chi connectivity index (χ0) is 48.8. The number of nitrogens with one attached hydrogen (secondary N) is 3. The number of carbonyl (C=O) groups is 2. The first-order valence-electron chi connectivity index (χ1n) is 24.1. The van der Waals surface area contributed by atoms with E-state index in [-0.39, 0.29) is 25.7 Å². The number of likely N-dealkylation sites (tertiary alicyclic amines) is 1. The number of halogens is 1. The Kier molecular flexibility index (Phi) is 18.2. The summed E-state index contributed by atoms with van der Waals surface area (Å²) in [5, 5.41) is 30.2. The summed E-state index contributed by atoms with van der Waals surface area (Å²) in [4.78, 5) is 43.4. The number of imidazole rings is 2. The number of hydrogen-bond acceptors (Lipinski definition) is 9.